The van der Waals surface area contributed by atoms with Crippen LogP contribution < -0.4 is 0 Å². The summed E-state index contributed by atoms with van der Waals surface area (Å²) in [6.07, 6.45) is 9.03. The van der Waals surface area contributed by atoms with Gasteiger partial charge in [-0.3, -0.25) is 4.79 Å². The number of aliphatic carboxylic acids is 1. The summed E-state index contributed by atoms with van der Waals surface area (Å²) in [5, 5.41) is 9.81. The number of piperidine rings is 1. The number of carbonyl (C=O) groups is 1. The number of allylic oxidation sites excluding steroid dienone is 2. The molecule has 152 valence electrons. The summed E-state index contributed by atoms with van der Waals surface area (Å²) < 4.78 is 0. The number of benzene rings is 2. The molecular weight excluding hydrogens is 358 g/mol. The lowest BCUT2D eigenvalue weighted by Crippen LogP contribution is -2.50. The van der Waals surface area contributed by atoms with Crippen molar-refractivity contribution in [2.45, 2.75) is 38.0 Å². The molecule has 2 aromatic rings. The minimum Gasteiger partial charge on any atom is -0.481 e. The number of hydrogen-bond acceptors (Lipinski definition) is 2. The summed E-state index contributed by atoms with van der Waals surface area (Å²) in [5.74, 6) is -0.492. The quantitative estimate of drug-likeness (QED) is 0.678. The first kappa shape index (κ1) is 19.9. The van der Waals surface area contributed by atoms with Crippen molar-refractivity contribution in [3.05, 3.63) is 83.9 Å². The molecule has 3 heteroatoms. The van der Waals surface area contributed by atoms with Crippen molar-refractivity contribution in [1.29, 1.82) is 0 Å². The molecule has 1 aliphatic carbocycles. The molecule has 0 amide bonds. The van der Waals surface area contributed by atoms with Crippen molar-refractivity contribution in [2.24, 2.45) is 11.3 Å². The van der Waals surface area contributed by atoms with Gasteiger partial charge < -0.3 is 10.0 Å². The molecule has 3 nitrogen and oxygen atoms in total. The molecule has 1 saturated heterocycles. The van der Waals surface area contributed by atoms with Crippen molar-refractivity contribution < 1.29 is 9.90 Å². The zero-order valence-corrected chi connectivity index (χ0v) is 17.0. The lowest BCUT2D eigenvalue weighted by Gasteiger charge is -2.47. The first-order valence-electron chi connectivity index (χ1n) is 10.9. The Labute approximate surface area is 174 Å². The molecule has 1 spiro atoms. The maximum absolute atomic E-state index is 11.9. The summed E-state index contributed by atoms with van der Waals surface area (Å²) in [6.45, 7) is 2.99. The van der Waals surface area contributed by atoms with Crippen LogP contribution in [0.25, 0.3) is 0 Å². The Morgan fingerprint density at radius 1 is 1.03 bits per heavy atom. The highest BCUT2D eigenvalue weighted by Gasteiger charge is 2.45. The fraction of sp³-hybridized carbons (Fsp3) is 0.423. The number of nitrogens with zero attached hydrogens (tertiary/aromatic N) is 1. The van der Waals surface area contributed by atoms with Crippen LogP contribution >= 0.6 is 0 Å². The Kier molecular flexibility index (Phi) is 6.15. The highest BCUT2D eigenvalue weighted by Crippen LogP contribution is 2.45. The summed E-state index contributed by atoms with van der Waals surface area (Å²) >= 11 is 0. The molecule has 2 atom stereocenters. The second-order valence-electron chi connectivity index (χ2n) is 8.71. The fourth-order valence-corrected chi connectivity index (χ4v) is 5.41. The molecule has 0 unspecified atom stereocenters. The van der Waals surface area contributed by atoms with E-state index in [2.05, 4.69) is 77.7 Å². The summed E-state index contributed by atoms with van der Waals surface area (Å²) in [7, 11) is 0. The number of carboxylic acid groups (broad SMARTS) is 1. The Morgan fingerprint density at radius 2 is 1.69 bits per heavy atom. The van der Waals surface area contributed by atoms with Crippen molar-refractivity contribution in [3.8, 4) is 0 Å². The van der Waals surface area contributed by atoms with E-state index >= 15 is 0 Å². The Hall–Kier alpha value is -2.39. The molecule has 2 aromatic carbocycles. The average molecular weight is 390 g/mol. The van der Waals surface area contributed by atoms with E-state index in [1.54, 1.807) is 0 Å². The van der Waals surface area contributed by atoms with Crippen molar-refractivity contribution >= 4 is 5.97 Å². The summed E-state index contributed by atoms with van der Waals surface area (Å²) in [4.78, 5) is 14.4. The van der Waals surface area contributed by atoms with Gasteiger partial charge >= 0.3 is 5.97 Å². The first-order valence-corrected chi connectivity index (χ1v) is 10.9. The van der Waals surface area contributed by atoms with Gasteiger partial charge in [0.1, 0.15) is 0 Å². The van der Waals surface area contributed by atoms with E-state index in [-0.39, 0.29) is 11.3 Å². The smallest absolute Gasteiger partial charge is 0.307 e. The maximum Gasteiger partial charge on any atom is 0.307 e. The van der Waals surface area contributed by atoms with Crippen LogP contribution in [0.2, 0.25) is 0 Å². The molecule has 1 fully saturated rings. The zero-order chi connectivity index (χ0) is 20.1. The lowest BCUT2D eigenvalue weighted by molar-refractivity contribution is -0.149. The third kappa shape index (κ3) is 4.45. The molecule has 0 aromatic heterocycles. The van der Waals surface area contributed by atoms with Gasteiger partial charge in [-0.15, -0.1) is 0 Å². The Balaban J connectivity index is 1.49. The summed E-state index contributed by atoms with van der Waals surface area (Å²) in [5.41, 5.74) is 2.62. The second kappa shape index (κ2) is 8.96. The van der Waals surface area contributed by atoms with Gasteiger partial charge in [0.15, 0.2) is 0 Å². The van der Waals surface area contributed by atoms with Crippen LogP contribution in [0.1, 0.15) is 49.1 Å². The highest BCUT2D eigenvalue weighted by atomic mass is 16.4. The lowest BCUT2D eigenvalue weighted by atomic mass is 9.64. The average Bonchev–Trinajstić information content (AvgIpc) is 2.76. The van der Waals surface area contributed by atoms with E-state index in [1.165, 1.54) is 11.1 Å². The van der Waals surface area contributed by atoms with E-state index in [0.29, 0.717) is 12.3 Å². The predicted molar refractivity (Wildman–Crippen MR) is 117 cm³/mol. The van der Waals surface area contributed by atoms with Gasteiger partial charge in [0.25, 0.3) is 0 Å². The minimum atomic E-state index is -0.623. The molecule has 1 aliphatic heterocycles. The fourth-order valence-electron chi connectivity index (χ4n) is 5.41. The number of hydrogen-bond donors (Lipinski definition) is 1. The third-order valence-corrected chi connectivity index (χ3v) is 6.93. The van der Waals surface area contributed by atoms with Crippen molar-refractivity contribution in [1.82, 2.24) is 4.90 Å². The summed E-state index contributed by atoms with van der Waals surface area (Å²) in [6, 6.07) is 21.5. The van der Waals surface area contributed by atoms with Crippen LogP contribution in [0.15, 0.2) is 72.8 Å². The molecule has 0 bridgehead atoms. The van der Waals surface area contributed by atoms with Crippen molar-refractivity contribution in [3.63, 3.8) is 0 Å². The SMILES string of the molecule is O=C(O)[C@@H]1CC=CC[C@@]12CCCN(CCC(c1ccccc1)c1ccccc1)C2. The third-order valence-electron chi connectivity index (χ3n) is 6.93. The number of carboxylic acids is 1. The van der Waals surface area contributed by atoms with Crippen LogP contribution in [0.4, 0.5) is 0 Å². The Bertz CT molecular complexity index is 793. The first-order chi connectivity index (χ1) is 14.2. The molecule has 0 radical (unpaired) electrons. The monoisotopic (exact) mass is 389 g/mol. The van der Waals surface area contributed by atoms with Crippen LogP contribution in [0.5, 0.6) is 0 Å². The van der Waals surface area contributed by atoms with Crippen LogP contribution in [0, 0.1) is 11.3 Å². The van der Waals surface area contributed by atoms with Gasteiger partial charge in [-0.25, -0.2) is 0 Å². The van der Waals surface area contributed by atoms with Gasteiger partial charge in [0.05, 0.1) is 5.92 Å². The van der Waals surface area contributed by atoms with Crippen LogP contribution in [-0.4, -0.2) is 35.6 Å². The topological polar surface area (TPSA) is 40.5 Å². The zero-order valence-electron chi connectivity index (χ0n) is 17.0. The van der Waals surface area contributed by atoms with E-state index in [0.717, 1.165) is 45.3 Å². The van der Waals surface area contributed by atoms with Gasteiger partial charge in [-0.05, 0) is 56.3 Å². The second-order valence-corrected chi connectivity index (χ2v) is 8.71. The van der Waals surface area contributed by atoms with Crippen LogP contribution in [0.3, 0.4) is 0 Å². The Morgan fingerprint density at radius 3 is 2.31 bits per heavy atom. The molecule has 4 rings (SSSR count). The molecule has 2 aliphatic rings. The predicted octanol–water partition coefficient (Wildman–Crippen LogP) is 5.34. The highest BCUT2D eigenvalue weighted by molar-refractivity contribution is 5.71. The normalized spacial score (nSPS) is 24.8. The number of likely N-dealkylation sites (tertiary alicyclic amines) is 1. The molecule has 0 saturated carbocycles. The largest absolute Gasteiger partial charge is 0.481 e. The van der Waals surface area contributed by atoms with E-state index in [1.807, 2.05) is 0 Å². The standard InChI is InChI=1S/C26H31NO2/c28-25(29)24-14-7-8-16-26(24)17-9-18-27(20-26)19-15-23(21-10-3-1-4-11-21)22-12-5-2-6-13-22/h1-8,10-13,23-24H,9,14-20H2,(H,28,29)/t24-,26-/m0/s1. The molecule has 1 N–H and O–H groups in total. The maximum atomic E-state index is 11.9. The van der Waals surface area contributed by atoms with Crippen LogP contribution in [-0.2, 0) is 4.79 Å². The minimum absolute atomic E-state index is 0.0895. The van der Waals surface area contributed by atoms with Gasteiger partial charge in [0.2, 0.25) is 0 Å². The van der Waals surface area contributed by atoms with E-state index in [4.69, 9.17) is 0 Å². The van der Waals surface area contributed by atoms with Gasteiger partial charge in [-0.2, -0.15) is 0 Å². The number of rotatable bonds is 6. The van der Waals surface area contributed by atoms with Gasteiger partial charge in [0, 0.05) is 17.9 Å². The van der Waals surface area contributed by atoms with Crippen molar-refractivity contribution in [2.75, 3.05) is 19.6 Å². The van der Waals surface area contributed by atoms with Gasteiger partial charge in [-0.1, -0.05) is 72.8 Å². The molecule has 1 heterocycles. The van der Waals surface area contributed by atoms with E-state index < -0.39 is 5.97 Å². The molecule has 29 heavy (non-hydrogen) atoms. The van der Waals surface area contributed by atoms with E-state index in [9.17, 15) is 9.90 Å². The molecular formula is C26H31NO2.